The van der Waals surface area contributed by atoms with Crippen LogP contribution in [0.1, 0.15) is 23.0 Å². The highest BCUT2D eigenvalue weighted by Crippen LogP contribution is 2.15. The van der Waals surface area contributed by atoms with Crippen LogP contribution in [0.2, 0.25) is 0 Å². The Morgan fingerprint density at radius 1 is 1.24 bits per heavy atom. The van der Waals surface area contributed by atoms with Crippen molar-refractivity contribution in [3.63, 3.8) is 0 Å². The standard InChI is InChI=1S/C17H18IN5O2/c1-3-12-4-6-14(7-5-12)25-11-23-10-13(8-20-23)21-17(24)16-15(18)9-19-22(16)2/h4-10H,3,11H2,1-2H3,(H,21,24). The normalized spacial score (nSPS) is 10.7. The first-order valence-corrected chi connectivity index (χ1v) is 8.87. The zero-order valence-electron chi connectivity index (χ0n) is 13.9. The van der Waals surface area contributed by atoms with Gasteiger partial charge in [0.25, 0.3) is 5.91 Å². The van der Waals surface area contributed by atoms with E-state index in [4.69, 9.17) is 4.74 Å². The highest BCUT2D eigenvalue weighted by atomic mass is 127. The first kappa shape index (κ1) is 17.5. The first-order chi connectivity index (χ1) is 12.1. The minimum atomic E-state index is -0.222. The van der Waals surface area contributed by atoms with E-state index in [0.29, 0.717) is 11.4 Å². The summed E-state index contributed by atoms with van der Waals surface area (Å²) < 4.78 is 9.66. The largest absolute Gasteiger partial charge is 0.471 e. The number of aromatic nitrogens is 4. The molecule has 0 fully saturated rings. The lowest BCUT2D eigenvalue weighted by atomic mass is 10.2. The molecule has 2 heterocycles. The molecule has 3 aromatic rings. The number of carbonyl (C=O) groups is 1. The molecule has 1 N–H and O–H groups in total. The topological polar surface area (TPSA) is 74.0 Å². The second-order valence-electron chi connectivity index (χ2n) is 5.46. The molecule has 0 saturated heterocycles. The van der Waals surface area contributed by atoms with Crippen LogP contribution in [-0.2, 0) is 20.2 Å². The van der Waals surface area contributed by atoms with Crippen molar-refractivity contribution in [1.29, 1.82) is 0 Å². The van der Waals surface area contributed by atoms with E-state index >= 15 is 0 Å². The first-order valence-electron chi connectivity index (χ1n) is 7.80. The number of rotatable bonds is 6. The monoisotopic (exact) mass is 451 g/mol. The SMILES string of the molecule is CCc1ccc(OCn2cc(NC(=O)c3c(I)cnn3C)cn2)cc1. The molecule has 130 valence electrons. The Bertz CT molecular complexity index is 850. The number of hydrogen-bond donors (Lipinski definition) is 1. The maximum atomic E-state index is 12.3. The van der Waals surface area contributed by atoms with E-state index in [1.165, 1.54) is 5.56 Å². The number of amides is 1. The molecule has 2 aromatic heterocycles. The number of halogens is 1. The summed E-state index contributed by atoms with van der Waals surface area (Å²) >= 11 is 2.08. The van der Waals surface area contributed by atoms with Crippen molar-refractivity contribution in [2.24, 2.45) is 7.05 Å². The molecule has 0 saturated carbocycles. The summed E-state index contributed by atoms with van der Waals surface area (Å²) in [4.78, 5) is 12.3. The van der Waals surface area contributed by atoms with Crippen LogP contribution in [0, 0.1) is 3.57 Å². The van der Waals surface area contributed by atoms with Gasteiger partial charge in [0, 0.05) is 7.05 Å². The quantitative estimate of drug-likeness (QED) is 0.585. The fourth-order valence-electron chi connectivity index (χ4n) is 2.32. The van der Waals surface area contributed by atoms with E-state index in [2.05, 4.69) is 45.0 Å². The third kappa shape index (κ3) is 4.19. The van der Waals surface area contributed by atoms with Crippen LogP contribution in [0.15, 0.2) is 42.9 Å². The molecule has 0 spiro atoms. The van der Waals surface area contributed by atoms with Crippen LogP contribution in [0.3, 0.4) is 0 Å². The van der Waals surface area contributed by atoms with E-state index in [1.807, 2.05) is 24.3 Å². The Labute approximate surface area is 159 Å². The van der Waals surface area contributed by atoms with Gasteiger partial charge in [-0.05, 0) is 46.7 Å². The number of ether oxygens (including phenoxy) is 1. The maximum absolute atomic E-state index is 12.3. The molecule has 3 rings (SSSR count). The molecular weight excluding hydrogens is 433 g/mol. The molecule has 0 radical (unpaired) electrons. The van der Waals surface area contributed by atoms with E-state index in [1.54, 1.807) is 35.0 Å². The fourth-order valence-corrected chi connectivity index (χ4v) is 3.04. The molecule has 0 aliphatic carbocycles. The zero-order chi connectivity index (χ0) is 17.8. The van der Waals surface area contributed by atoms with Crippen molar-refractivity contribution in [3.05, 3.63) is 57.7 Å². The average Bonchev–Trinajstić information content (AvgIpc) is 3.19. The summed E-state index contributed by atoms with van der Waals surface area (Å²) in [5.41, 5.74) is 2.38. The molecule has 0 aliphatic heterocycles. The van der Waals surface area contributed by atoms with E-state index in [0.717, 1.165) is 15.7 Å². The van der Waals surface area contributed by atoms with E-state index < -0.39 is 0 Å². The lowest BCUT2D eigenvalue weighted by Gasteiger charge is -2.07. The van der Waals surface area contributed by atoms with Crippen LogP contribution in [0.5, 0.6) is 5.75 Å². The number of aryl methyl sites for hydroxylation is 2. The second kappa shape index (κ2) is 7.68. The van der Waals surface area contributed by atoms with Crippen molar-refractivity contribution in [1.82, 2.24) is 19.6 Å². The summed E-state index contributed by atoms with van der Waals surface area (Å²) in [5, 5.41) is 11.1. The molecular formula is C17H18IN5O2. The third-order valence-corrected chi connectivity index (χ3v) is 4.48. The summed E-state index contributed by atoms with van der Waals surface area (Å²) in [7, 11) is 1.73. The Morgan fingerprint density at radius 2 is 2.00 bits per heavy atom. The number of nitrogens with zero attached hydrogens (tertiary/aromatic N) is 4. The smallest absolute Gasteiger partial charge is 0.275 e. The lowest BCUT2D eigenvalue weighted by molar-refractivity contribution is 0.101. The van der Waals surface area contributed by atoms with Crippen molar-refractivity contribution in [2.75, 3.05) is 5.32 Å². The number of nitrogens with one attached hydrogen (secondary N) is 1. The Kier molecular flexibility index (Phi) is 5.37. The summed E-state index contributed by atoms with van der Waals surface area (Å²) in [5.74, 6) is 0.558. The summed E-state index contributed by atoms with van der Waals surface area (Å²) in [6, 6.07) is 7.96. The number of carbonyl (C=O) groups excluding carboxylic acids is 1. The molecule has 1 aromatic carbocycles. The highest BCUT2D eigenvalue weighted by molar-refractivity contribution is 14.1. The van der Waals surface area contributed by atoms with Gasteiger partial charge < -0.3 is 10.1 Å². The summed E-state index contributed by atoms with van der Waals surface area (Å²) in [6.07, 6.45) is 5.96. The zero-order valence-corrected chi connectivity index (χ0v) is 16.1. The fraction of sp³-hybridized carbons (Fsp3) is 0.235. The number of anilines is 1. The van der Waals surface area contributed by atoms with Crippen LogP contribution < -0.4 is 10.1 Å². The molecule has 0 unspecified atom stereocenters. The van der Waals surface area contributed by atoms with Gasteiger partial charge >= 0.3 is 0 Å². The van der Waals surface area contributed by atoms with E-state index in [9.17, 15) is 4.79 Å². The van der Waals surface area contributed by atoms with Gasteiger partial charge in [-0.3, -0.25) is 9.48 Å². The predicted molar refractivity (Wildman–Crippen MR) is 103 cm³/mol. The minimum absolute atomic E-state index is 0.222. The van der Waals surface area contributed by atoms with Crippen LogP contribution in [0.25, 0.3) is 0 Å². The lowest BCUT2D eigenvalue weighted by Crippen LogP contribution is -2.17. The molecule has 7 nitrogen and oxygen atoms in total. The van der Waals surface area contributed by atoms with Crippen molar-refractivity contribution in [3.8, 4) is 5.75 Å². The average molecular weight is 451 g/mol. The molecule has 25 heavy (non-hydrogen) atoms. The number of benzene rings is 1. The minimum Gasteiger partial charge on any atom is -0.471 e. The Balaban J connectivity index is 1.59. The second-order valence-corrected chi connectivity index (χ2v) is 6.62. The summed E-state index contributed by atoms with van der Waals surface area (Å²) in [6.45, 7) is 2.38. The van der Waals surface area contributed by atoms with Crippen LogP contribution >= 0.6 is 22.6 Å². The van der Waals surface area contributed by atoms with Crippen LogP contribution in [0.4, 0.5) is 5.69 Å². The molecule has 0 bridgehead atoms. The van der Waals surface area contributed by atoms with Crippen LogP contribution in [-0.4, -0.2) is 25.5 Å². The Hall–Kier alpha value is -2.36. The van der Waals surface area contributed by atoms with Gasteiger partial charge in [0.1, 0.15) is 11.4 Å². The maximum Gasteiger partial charge on any atom is 0.275 e. The molecule has 1 amide bonds. The van der Waals surface area contributed by atoms with Gasteiger partial charge in [-0.25, -0.2) is 4.68 Å². The number of hydrogen-bond acceptors (Lipinski definition) is 4. The van der Waals surface area contributed by atoms with Gasteiger partial charge in [0.2, 0.25) is 0 Å². The van der Waals surface area contributed by atoms with Gasteiger partial charge in [-0.15, -0.1) is 0 Å². The van der Waals surface area contributed by atoms with Gasteiger partial charge in [0.15, 0.2) is 6.73 Å². The van der Waals surface area contributed by atoms with Gasteiger partial charge in [0.05, 0.1) is 27.8 Å². The molecule has 8 heteroatoms. The van der Waals surface area contributed by atoms with Gasteiger partial charge in [-0.2, -0.15) is 10.2 Å². The molecule has 0 aliphatic rings. The molecule has 0 atom stereocenters. The highest BCUT2D eigenvalue weighted by Gasteiger charge is 2.15. The Morgan fingerprint density at radius 3 is 2.64 bits per heavy atom. The van der Waals surface area contributed by atoms with E-state index in [-0.39, 0.29) is 12.6 Å². The van der Waals surface area contributed by atoms with Gasteiger partial charge in [-0.1, -0.05) is 19.1 Å². The third-order valence-electron chi connectivity index (χ3n) is 3.70. The van der Waals surface area contributed by atoms with Crippen molar-refractivity contribution >= 4 is 34.2 Å². The van der Waals surface area contributed by atoms with Crippen molar-refractivity contribution < 1.29 is 9.53 Å². The predicted octanol–water partition coefficient (Wildman–Crippen LogP) is 3.07. The van der Waals surface area contributed by atoms with Crippen molar-refractivity contribution in [2.45, 2.75) is 20.1 Å².